The van der Waals surface area contributed by atoms with Crippen molar-refractivity contribution in [2.75, 3.05) is 0 Å². The number of amides is 1. The van der Waals surface area contributed by atoms with Gasteiger partial charge in [-0.2, -0.15) is 0 Å². The van der Waals surface area contributed by atoms with Gasteiger partial charge >= 0.3 is 0 Å². The molecule has 0 N–H and O–H groups in total. The van der Waals surface area contributed by atoms with Crippen LogP contribution in [0, 0.1) is 13.8 Å². The van der Waals surface area contributed by atoms with Crippen LogP contribution in [0.3, 0.4) is 0 Å². The molecule has 4 rings (SSSR count). The van der Waals surface area contributed by atoms with Gasteiger partial charge < -0.3 is 4.90 Å². The van der Waals surface area contributed by atoms with Gasteiger partial charge in [-0.15, -0.1) is 0 Å². The first-order valence-corrected chi connectivity index (χ1v) is 9.14. The van der Waals surface area contributed by atoms with Crippen molar-refractivity contribution in [3.8, 4) is 0 Å². The molecule has 27 heavy (non-hydrogen) atoms. The van der Waals surface area contributed by atoms with Crippen LogP contribution in [0.2, 0.25) is 0 Å². The molecule has 6 heteroatoms. The van der Waals surface area contributed by atoms with Crippen LogP contribution in [0.1, 0.15) is 45.6 Å². The predicted molar refractivity (Wildman–Crippen MR) is 104 cm³/mol. The quantitative estimate of drug-likeness (QED) is 0.703. The fraction of sp³-hybridized carbons (Fsp3) is 0.333. The smallest absolute Gasteiger partial charge is 0.258 e. The third kappa shape index (κ3) is 2.81. The molecule has 0 saturated carbocycles. The third-order valence-corrected chi connectivity index (χ3v) is 5.31. The minimum Gasteiger partial charge on any atom is -0.328 e. The summed E-state index contributed by atoms with van der Waals surface area (Å²) in [6, 6.07) is 7.89. The molecule has 1 aliphatic rings. The number of nitrogens with zero attached hydrogens (tertiary/aromatic N) is 4. The van der Waals surface area contributed by atoms with Gasteiger partial charge in [-0.25, -0.2) is 4.98 Å². The molecule has 0 atom stereocenters. The minimum atomic E-state index is -0.0866. The summed E-state index contributed by atoms with van der Waals surface area (Å²) in [6.45, 7) is 6.44. The van der Waals surface area contributed by atoms with E-state index in [1.165, 1.54) is 4.57 Å². The van der Waals surface area contributed by atoms with Crippen LogP contribution in [-0.2, 0) is 26.6 Å². The first-order valence-electron chi connectivity index (χ1n) is 9.14. The second kappa shape index (κ2) is 6.30. The highest BCUT2D eigenvalue weighted by molar-refractivity contribution is 6.06. The van der Waals surface area contributed by atoms with E-state index in [2.05, 4.69) is 16.9 Å². The number of carbonyl (C=O) groups is 1. The lowest BCUT2D eigenvalue weighted by atomic mass is 10.0. The molecular weight excluding hydrogens is 340 g/mol. The Bertz CT molecular complexity index is 1150. The lowest BCUT2D eigenvalue weighted by Crippen LogP contribution is -2.27. The molecule has 0 spiro atoms. The number of benzene rings is 1. The number of fused-ring (bicyclic) bond motifs is 2. The van der Waals surface area contributed by atoms with Crippen LogP contribution in [0.25, 0.3) is 10.9 Å². The minimum absolute atomic E-state index is 0.0724. The molecule has 6 nitrogen and oxygen atoms in total. The van der Waals surface area contributed by atoms with Crippen molar-refractivity contribution in [3.05, 3.63) is 68.5 Å². The Morgan fingerprint density at radius 1 is 1.15 bits per heavy atom. The highest BCUT2D eigenvalue weighted by Crippen LogP contribution is 2.26. The molecule has 1 aliphatic heterocycles. The van der Waals surface area contributed by atoms with Gasteiger partial charge in [0.25, 0.3) is 11.5 Å². The molecule has 2 aromatic heterocycles. The van der Waals surface area contributed by atoms with Crippen molar-refractivity contribution < 1.29 is 4.79 Å². The zero-order valence-electron chi connectivity index (χ0n) is 16.0. The van der Waals surface area contributed by atoms with Gasteiger partial charge in [0, 0.05) is 18.1 Å². The van der Waals surface area contributed by atoms with E-state index in [0.717, 1.165) is 28.6 Å². The Kier molecular flexibility index (Phi) is 4.06. The Morgan fingerprint density at radius 3 is 2.67 bits per heavy atom. The van der Waals surface area contributed by atoms with Crippen molar-refractivity contribution >= 4 is 16.8 Å². The highest BCUT2D eigenvalue weighted by Gasteiger charge is 2.29. The maximum Gasteiger partial charge on any atom is 0.258 e. The average Bonchev–Trinajstić information content (AvgIpc) is 3.08. The largest absolute Gasteiger partial charge is 0.328 e. The van der Waals surface area contributed by atoms with Crippen molar-refractivity contribution in [1.82, 2.24) is 19.4 Å². The lowest BCUT2D eigenvalue weighted by Gasteiger charge is -2.17. The average molecular weight is 362 g/mol. The van der Waals surface area contributed by atoms with E-state index in [-0.39, 0.29) is 11.5 Å². The van der Waals surface area contributed by atoms with Crippen molar-refractivity contribution in [1.29, 1.82) is 0 Å². The van der Waals surface area contributed by atoms with Gasteiger partial charge in [-0.3, -0.25) is 19.1 Å². The van der Waals surface area contributed by atoms with Gasteiger partial charge in [-0.05, 0) is 44.0 Å². The van der Waals surface area contributed by atoms with E-state index < -0.39 is 0 Å². The third-order valence-electron chi connectivity index (χ3n) is 5.31. The Balaban J connectivity index is 1.78. The Morgan fingerprint density at radius 2 is 1.93 bits per heavy atom. The maximum absolute atomic E-state index is 13.3. The summed E-state index contributed by atoms with van der Waals surface area (Å²) in [4.78, 5) is 36.6. The zero-order chi connectivity index (χ0) is 19.3. The van der Waals surface area contributed by atoms with Crippen molar-refractivity contribution in [3.63, 3.8) is 0 Å². The van der Waals surface area contributed by atoms with Crippen LogP contribution in [0.5, 0.6) is 0 Å². The van der Waals surface area contributed by atoms with Gasteiger partial charge in [0.05, 0.1) is 35.4 Å². The molecule has 0 fully saturated rings. The first kappa shape index (κ1) is 17.4. The van der Waals surface area contributed by atoms with Gasteiger partial charge in [0.15, 0.2) is 0 Å². The Labute approximate surface area is 157 Å². The number of aromatic nitrogens is 3. The van der Waals surface area contributed by atoms with Gasteiger partial charge in [0.2, 0.25) is 0 Å². The van der Waals surface area contributed by atoms with E-state index in [4.69, 9.17) is 0 Å². The van der Waals surface area contributed by atoms with E-state index >= 15 is 0 Å². The molecule has 0 radical (unpaired) electrons. The molecule has 0 bridgehead atoms. The summed E-state index contributed by atoms with van der Waals surface area (Å²) in [5.41, 5.74) is 4.66. The summed E-state index contributed by atoms with van der Waals surface area (Å²) in [6.07, 6.45) is 0.895. The molecule has 1 amide bonds. The predicted octanol–water partition coefficient (Wildman–Crippen LogP) is 2.66. The van der Waals surface area contributed by atoms with Gasteiger partial charge in [-0.1, -0.05) is 13.0 Å². The van der Waals surface area contributed by atoms with Crippen molar-refractivity contribution in [2.45, 2.75) is 40.3 Å². The number of rotatable bonds is 2. The van der Waals surface area contributed by atoms with Crippen LogP contribution in [-0.4, -0.2) is 25.3 Å². The van der Waals surface area contributed by atoms with E-state index in [9.17, 15) is 9.59 Å². The SMILES string of the molecule is CCc1ccc2nc(C)cc(C(=O)N3Cc4nc(C)n(C)c(=O)c4C3)c2c1. The maximum atomic E-state index is 13.3. The van der Waals surface area contributed by atoms with Crippen LogP contribution < -0.4 is 5.56 Å². The van der Waals surface area contributed by atoms with E-state index in [0.29, 0.717) is 35.7 Å². The Hall–Kier alpha value is -3.02. The molecule has 1 aromatic carbocycles. The number of hydrogen-bond donors (Lipinski definition) is 0. The van der Waals surface area contributed by atoms with Crippen LogP contribution >= 0.6 is 0 Å². The summed E-state index contributed by atoms with van der Waals surface area (Å²) in [7, 11) is 1.71. The zero-order valence-corrected chi connectivity index (χ0v) is 16.0. The summed E-state index contributed by atoms with van der Waals surface area (Å²) < 4.78 is 1.53. The monoisotopic (exact) mass is 362 g/mol. The molecular formula is C21H22N4O2. The fourth-order valence-electron chi connectivity index (χ4n) is 3.64. The number of aryl methyl sites for hydroxylation is 3. The number of pyridine rings is 1. The van der Waals surface area contributed by atoms with E-state index in [1.807, 2.05) is 31.2 Å². The number of hydrogen-bond acceptors (Lipinski definition) is 4. The summed E-state index contributed by atoms with van der Waals surface area (Å²) in [5.74, 6) is 0.572. The van der Waals surface area contributed by atoms with Gasteiger partial charge in [0.1, 0.15) is 5.82 Å². The van der Waals surface area contributed by atoms with Crippen molar-refractivity contribution in [2.24, 2.45) is 7.05 Å². The first-order chi connectivity index (χ1) is 12.9. The van der Waals surface area contributed by atoms with Crippen LogP contribution in [0.4, 0.5) is 0 Å². The summed E-state index contributed by atoms with van der Waals surface area (Å²) in [5, 5.41) is 0.859. The topological polar surface area (TPSA) is 68.1 Å². The lowest BCUT2D eigenvalue weighted by molar-refractivity contribution is 0.0752. The molecule has 0 saturated heterocycles. The second-order valence-corrected chi connectivity index (χ2v) is 7.13. The fourth-order valence-corrected chi connectivity index (χ4v) is 3.64. The molecule has 3 aromatic rings. The van der Waals surface area contributed by atoms with Crippen LogP contribution in [0.15, 0.2) is 29.1 Å². The molecule has 0 unspecified atom stereocenters. The standard InChI is InChI=1S/C21H22N4O2/c1-5-14-6-7-18-15(9-14)16(8-12(2)22-18)21(27)25-10-17-19(11-25)23-13(3)24(4)20(17)26/h6-9H,5,10-11H2,1-4H3. The molecule has 0 aliphatic carbocycles. The summed E-state index contributed by atoms with van der Waals surface area (Å²) >= 11 is 0. The molecule has 3 heterocycles. The molecule has 138 valence electrons. The normalized spacial score (nSPS) is 13.3. The second-order valence-electron chi connectivity index (χ2n) is 7.13. The van der Waals surface area contributed by atoms with E-state index in [1.54, 1.807) is 18.9 Å². The number of carbonyl (C=O) groups excluding carboxylic acids is 1. The highest BCUT2D eigenvalue weighted by atomic mass is 16.2.